The highest BCUT2D eigenvalue weighted by Gasteiger charge is 2.36. The summed E-state index contributed by atoms with van der Waals surface area (Å²) >= 11 is 6.91. The predicted molar refractivity (Wildman–Crippen MR) is 121 cm³/mol. The van der Waals surface area contributed by atoms with Gasteiger partial charge in [0.15, 0.2) is 0 Å². The van der Waals surface area contributed by atoms with Crippen molar-refractivity contribution in [1.82, 2.24) is 0 Å². The van der Waals surface area contributed by atoms with Crippen molar-refractivity contribution >= 4 is 52.0 Å². The lowest BCUT2D eigenvalue weighted by molar-refractivity contribution is -0.113. The van der Waals surface area contributed by atoms with Crippen LogP contribution in [0.1, 0.15) is 18.4 Å². The van der Waals surface area contributed by atoms with Gasteiger partial charge in [-0.25, -0.2) is 4.90 Å². The monoisotopic (exact) mass is 444 g/mol. The van der Waals surface area contributed by atoms with E-state index in [4.69, 9.17) is 21.1 Å². The third kappa shape index (κ3) is 3.87. The molecule has 0 radical (unpaired) electrons. The highest BCUT2D eigenvalue weighted by Crippen LogP contribution is 2.41. The molecule has 0 bridgehead atoms. The Bertz CT molecular complexity index is 1030. The van der Waals surface area contributed by atoms with Crippen LogP contribution < -0.4 is 19.3 Å². The normalized spacial score (nSPS) is 17.9. The number of anilines is 2. The number of carbonyl (C=O) groups is 2. The molecule has 4 rings (SSSR count). The number of hydrogen-bond donors (Lipinski definition) is 0. The molecule has 6 nitrogen and oxygen atoms in total. The highest BCUT2D eigenvalue weighted by atomic mass is 35.5. The molecule has 8 heteroatoms. The topological polar surface area (TPSA) is 59.1 Å². The van der Waals surface area contributed by atoms with Gasteiger partial charge >= 0.3 is 0 Å². The lowest BCUT2D eigenvalue weighted by Gasteiger charge is -2.22. The third-order valence-electron chi connectivity index (χ3n) is 5.12. The van der Waals surface area contributed by atoms with Crippen LogP contribution in [-0.2, 0) is 4.79 Å². The number of benzene rings is 2. The minimum atomic E-state index is -0.392. The first kappa shape index (κ1) is 20.6. The van der Waals surface area contributed by atoms with Gasteiger partial charge in [0.1, 0.15) is 11.5 Å². The Morgan fingerprint density at radius 3 is 2.43 bits per heavy atom. The van der Waals surface area contributed by atoms with Gasteiger partial charge in [-0.05, 0) is 54.9 Å². The molecule has 30 heavy (non-hydrogen) atoms. The van der Waals surface area contributed by atoms with Gasteiger partial charge in [0.2, 0.25) is 0 Å². The van der Waals surface area contributed by atoms with E-state index in [-0.39, 0.29) is 5.24 Å². The van der Waals surface area contributed by atoms with Crippen molar-refractivity contribution in [2.45, 2.75) is 12.8 Å². The van der Waals surface area contributed by atoms with E-state index in [2.05, 4.69) is 4.90 Å². The van der Waals surface area contributed by atoms with E-state index in [0.717, 1.165) is 48.3 Å². The van der Waals surface area contributed by atoms with E-state index in [1.165, 1.54) is 0 Å². The Kier molecular flexibility index (Phi) is 5.92. The van der Waals surface area contributed by atoms with Crippen LogP contribution in [0.5, 0.6) is 11.5 Å². The number of thioether (sulfide) groups is 1. The standard InChI is InChI=1S/C22H21ClN2O4S/c1-28-18-13-17(24-8-3-4-9-24)19(29-2)10-14(18)11-20-21(26)25(22(27)30-20)16-7-5-6-15(23)12-16/h5-7,10-13H,3-4,8-9H2,1-2H3/b20-11+. The highest BCUT2D eigenvalue weighted by molar-refractivity contribution is 8.19. The summed E-state index contributed by atoms with van der Waals surface area (Å²) in [6.07, 6.45) is 3.96. The molecule has 2 saturated heterocycles. The van der Waals surface area contributed by atoms with Crippen molar-refractivity contribution < 1.29 is 19.1 Å². The summed E-state index contributed by atoms with van der Waals surface area (Å²) in [4.78, 5) is 29.2. The number of hydrogen-bond acceptors (Lipinski definition) is 6. The molecule has 0 atom stereocenters. The SMILES string of the molecule is COc1cc(N2CCCC2)c(OC)cc1/C=C1/SC(=O)N(c2cccc(Cl)c2)C1=O. The maximum atomic E-state index is 13.0. The molecule has 0 spiro atoms. The average Bonchev–Trinajstić information content (AvgIpc) is 3.36. The van der Waals surface area contributed by atoms with E-state index in [0.29, 0.717) is 32.7 Å². The van der Waals surface area contributed by atoms with Gasteiger partial charge in [0, 0.05) is 29.7 Å². The molecule has 2 amide bonds. The lowest BCUT2D eigenvalue weighted by atomic mass is 10.1. The fourth-order valence-electron chi connectivity index (χ4n) is 3.67. The van der Waals surface area contributed by atoms with E-state index in [9.17, 15) is 9.59 Å². The first-order valence-corrected chi connectivity index (χ1v) is 10.8. The van der Waals surface area contributed by atoms with Gasteiger partial charge in [-0.3, -0.25) is 9.59 Å². The van der Waals surface area contributed by atoms with Crippen molar-refractivity contribution in [3.8, 4) is 11.5 Å². The quantitative estimate of drug-likeness (QED) is 0.591. The molecule has 2 aromatic carbocycles. The Morgan fingerprint density at radius 2 is 1.77 bits per heavy atom. The van der Waals surface area contributed by atoms with Crippen molar-refractivity contribution in [2.75, 3.05) is 37.1 Å². The second-order valence-electron chi connectivity index (χ2n) is 6.96. The number of imide groups is 1. The number of rotatable bonds is 5. The third-order valence-corrected chi connectivity index (χ3v) is 6.23. The van der Waals surface area contributed by atoms with Gasteiger partial charge in [-0.2, -0.15) is 0 Å². The van der Waals surface area contributed by atoms with E-state index in [1.807, 2.05) is 12.1 Å². The molecule has 156 valence electrons. The molecule has 0 saturated carbocycles. The summed E-state index contributed by atoms with van der Waals surface area (Å²) in [5.74, 6) is 0.933. The second-order valence-corrected chi connectivity index (χ2v) is 8.39. The van der Waals surface area contributed by atoms with Crippen LogP contribution in [0.25, 0.3) is 6.08 Å². The van der Waals surface area contributed by atoms with Crippen LogP contribution in [0.15, 0.2) is 41.3 Å². The van der Waals surface area contributed by atoms with Crippen molar-refractivity contribution in [3.05, 3.63) is 51.9 Å². The molecule has 0 N–H and O–H groups in total. The number of halogens is 1. The summed E-state index contributed by atoms with van der Waals surface area (Å²) in [6, 6.07) is 10.4. The number of methoxy groups -OCH3 is 2. The van der Waals surface area contributed by atoms with E-state index < -0.39 is 5.91 Å². The van der Waals surface area contributed by atoms with Crippen molar-refractivity contribution in [3.63, 3.8) is 0 Å². The average molecular weight is 445 g/mol. The Balaban J connectivity index is 1.70. The van der Waals surface area contributed by atoms with Gasteiger partial charge < -0.3 is 14.4 Å². The van der Waals surface area contributed by atoms with Crippen molar-refractivity contribution in [2.24, 2.45) is 0 Å². The van der Waals surface area contributed by atoms with Gasteiger partial charge in [-0.1, -0.05) is 17.7 Å². The lowest BCUT2D eigenvalue weighted by Crippen LogP contribution is -2.27. The molecule has 2 aromatic rings. The van der Waals surface area contributed by atoms with Gasteiger partial charge in [0.25, 0.3) is 11.1 Å². The van der Waals surface area contributed by atoms with Crippen LogP contribution in [0.2, 0.25) is 5.02 Å². The molecule has 2 heterocycles. The fraction of sp³-hybridized carbons (Fsp3) is 0.273. The van der Waals surface area contributed by atoms with Crippen LogP contribution in [-0.4, -0.2) is 38.5 Å². The summed E-state index contributed by atoms with van der Waals surface area (Å²) < 4.78 is 11.2. The number of amides is 2. The zero-order valence-corrected chi connectivity index (χ0v) is 18.3. The van der Waals surface area contributed by atoms with Crippen LogP contribution in [0, 0.1) is 0 Å². The smallest absolute Gasteiger partial charge is 0.298 e. The summed E-state index contributed by atoms with van der Waals surface area (Å²) in [7, 11) is 3.21. The molecule has 0 aliphatic carbocycles. The first-order valence-electron chi connectivity index (χ1n) is 9.56. The number of nitrogens with zero attached hydrogens (tertiary/aromatic N) is 2. The maximum Gasteiger partial charge on any atom is 0.298 e. The van der Waals surface area contributed by atoms with E-state index >= 15 is 0 Å². The van der Waals surface area contributed by atoms with Crippen LogP contribution in [0.3, 0.4) is 0 Å². The Hall–Kier alpha value is -2.64. The first-order chi connectivity index (χ1) is 14.5. The Labute approximate surface area is 184 Å². The largest absolute Gasteiger partial charge is 0.496 e. The van der Waals surface area contributed by atoms with Crippen LogP contribution in [0.4, 0.5) is 16.2 Å². The minimum Gasteiger partial charge on any atom is -0.496 e. The van der Waals surface area contributed by atoms with Gasteiger partial charge in [0.05, 0.1) is 30.5 Å². The molecular formula is C22H21ClN2O4S. The van der Waals surface area contributed by atoms with E-state index in [1.54, 1.807) is 44.6 Å². The van der Waals surface area contributed by atoms with Gasteiger partial charge in [-0.15, -0.1) is 0 Å². The van der Waals surface area contributed by atoms with Crippen molar-refractivity contribution in [1.29, 1.82) is 0 Å². The maximum absolute atomic E-state index is 13.0. The second kappa shape index (κ2) is 8.62. The number of carbonyl (C=O) groups excluding carboxylic acids is 2. The molecule has 0 unspecified atom stereocenters. The molecule has 2 fully saturated rings. The summed E-state index contributed by atoms with van der Waals surface area (Å²) in [5.41, 5.74) is 2.09. The fourth-order valence-corrected chi connectivity index (χ4v) is 4.69. The number of ether oxygens (including phenoxy) is 2. The molecule has 2 aliphatic heterocycles. The molecule has 2 aliphatic rings. The molecular weight excluding hydrogens is 424 g/mol. The zero-order valence-electron chi connectivity index (χ0n) is 16.7. The predicted octanol–water partition coefficient (Wildman–Crippen LogP) is 5.20. The summed E-state index contributed by atoms with van der Waals surface area (Å²) in [6.45, 7) is 1.94. The summed E-state index contributed by atoms with van der Waals surface area (Å²) in [5, 5.41) is 0.0903. The Morgan fingerprint density at radius 1 is 1.03 bits per heavy atom. The minimum absolute atomic E-state index is 0.314. The zero-order chi connectivity index (χ0) is 21.3. The van der Waals surface area contributed by atoms with Crippen LogP contribution >= 0.6 is 23.4 Å². The molecule has 0 aromatic heterocycles.